The number of hydrogen-bond donors (Lipinski definition) is 2. The first-order valence-electron chi connectivity index (χ1n) is 6.52. The number of benzene rings is 1. The van der Waals surface area contributed by atoms with Crippen molar-refractivity contribution in [2.24, 2.45) is 5.92 Å². The monoisotopic (exact) mass is 298 g/mol. The molecule has 0 aromatic heterocycles. The summed E-state index contributed by atoms with van der Waals surface area (Å²) in [4.78, 5) is 12.3. The van der Waals surface area contributed by atoms with Gasteiger partial charge < -0.3 is 20.1 Å². The fourth-order valence-electron chi connectivity index (χ4n) is 2.40. The zero-order valence-electron chi connectivity index (χ0n) is 11.8. The lowest BCUT2D eigenvalue weighted by Gasteiger charge is -2.17. The third-order valence-electron chi connectivity index (χ3n) is 3.59. The van der Waals surface area contributed by atoms with Gasteiger partial charge in [0, 0.05) is 12.1 Å². The summed E-state index contributed by atoms with van der Waals surface area (Å²) in [5.74, 6) is 0.971. The molecule has 0 bridgehead atoms. The maximum absolute atomic E-state index is 12.3. The number of carbonyl (C=O) groups excluding carboxylic acids is 1. The maximum atomic E-state index is 12.3. The molecule has 1 aliphatic heterocycles. The molecule has 2 N–H and O–H groups in total. The first-order chi connectivity index (χ1) is 9.56. The van der Waals surface area contributed by atoms with Crippen LogP contribution in [0.15, 0.2) is 12.1 Å². The van der Waals surface area contributed by atoms with Crippen LogP contribution >= 0.6 is 11.6 Å². The molecule has 110 valence electrons. The Hall–Kier alpha value is -1.46. The number of methoxy groups -OCH3 is 2. The fourth-order valence-corrected chi connectivity index (χ4v) is 2.64. The summed E-state index contributed by atoms with van der Waals surface area (Å²) >= 11 is 6.09. The highest BCUT2D eigenvalue weighted by Gasteiger charge is 2.30. The van der Waals surface area contributed by atoms with Crippen molar-refractivity contribution in [3.63, 3.8) is 0 Å². The van der Waals surface area contributed by atoms with Crippen LogP contribution in [0, 0.1) is 5.92 Å². The van der Waals surface area contributed by atoms with Gasteiger partial charge in [0.1, 0.15) is 11.5 Å². The largest absolute Gasteiger partial charge is 0.495 e. The number of rotatable bonds is 4. The standard InChI is InChI=1S/C14H19ClN2O3/c1-8-9(4-5-16-8)14(18)17-11-6-10(15)12(19-2)7-13(11)20-3/h6-9,16H,4-5H2,1-3H3,(H,17,18). The van der Waals surface area contributed by atoms with Crippen LogP contribution in [-0.2, 0) is 4.79 Å². The molecule has 2 rings (SSSR count). The van der Waals surface area contributed by atoms with E-state index in [1.54, 1.807) is 12.1 Å². The molecule has 0 saturated carbocycles. The number of ether oxygens (including phenoxy) is 2. The van der Waals surface area contributed by atoms with Crippen LogP contribution in [0.2, 0.25) is 5.02 Å². The molecule has 1 amide bonds. The van der Waals surface area contributed by atoms with Gasteiger partial charge in [-0.1, -0.05) is 11.6 Å². The Balaban J connectivity index is 2.20. The van der Waals surface area contributed by atoms with Crippen molar-refractivity contribution in [2.45, 2.75) is 19.4 Å². The highest BCUT2D eigenvalue weighted by Crippen LogP contribution is 2.36. The summed E-state index contributed by atoms with van der Waals surface area (Å²) in [6.07, 6.45) is 0.833. The van der Waals surface area contributed by atoms with Gasteiger partial charge in [-0.3, -0.25) is 4.79 Å². The molecule has 2 unspecified atom stereocenters. The molecular weight excluding hydrogens is 280 g/mol. The van der Waals surface area contributed by atoms with Gasteiger partial charge in [0.2, 0.25) is 5.91 Å². The molecule has 5 nitrogen and oxygen atoms in total. The van der Waals surface area contributed by atoms with Crippen molar-refractivity contribution in [1.29, 1.82) is 0 Å². The van der Waals surface area contributed by atoms with Gasteiger partial charge in [-0.05, 0) is 26.0 Å². The number of halogens is 1. The van der Waals surface area contributed by atoms with Crippen LogP contribution in [0.25, 0.3) is 0 Å². The normalized spacial score (nSPS) is 21.6. The average Bonchev–Trinajstić information content (AvgIpc) is 2.85. The first kappa shape index (κ1) is 14.9. The van der Waals surface area contributed by atoms with E-state index in [9.17, 15) is 4.79 Å². The van der Waals surface area contributed by atoms with Crippen molar-refractivity contribution in [3.05, 3.63) is 17.2 Å². The maximum Gasteiger partial charge on any atom is 0.229 e. The van der Waals surface area contributed by atoms with Crippen LogP contribution in [-0.4, -0.2) is 32.7 Å². The van der Waals surface area contributed by atoms with Gasteiger partial charge in [-0.15, -0.1) is 0 Å². The quantitative estimate of drug-likeness (QED) is 0.895. The summed E-state index contributed by atoms with van der Waals surface area (Å²) in [5.41, 5.74) is 0.558. The second-order valence-electron chi connectivity index (χ2n) is 4.81. The molecule has 2 atom stereocenters. The van der Waals surface area contributed by atoms with Crippen LogP contribution in [0.3, 0.4) is 0 Å². The Morgan fingerprint density at radius 2 is 2.05 bits per heavy atom. The summed E-state index contributed by atoms with van der Waals surface area (Å²) in [5, 5.41) is 6.57. The Morgan fingerprint density at radius 1 is 1.35 bits per heavy atom. The van der Waals surface area contributed by atoms with E-state index in [1.807, 2.05) is 6.92 Å². The highest BCUT2D eigenvalue weighted by molar-refractivity contribution is 6.32. The van der Waals surface area contributed by atoms with E-state index in [0.717, 1.165) is 13.0 Å². The predicted octanol–water partition coefficient (Wildman–Crippen LogP) is 2.29. The number of hydrogen-bond acceptors (Lipinski definition) is 4. The lowest BCUT2D eigenvalue weighted by molar-refractivity contribution is -0.120. The molecule has 0 spiro atoms. The van der Waals surface area contributed by atoms with Crippen molar-refractivity contribution >= 4 is 23.2 Å². The second kappa shape index (κ2) is 6.33. The van der Waals surface area contributed by atoms with Gasteiger partial charge >= 0.3 is 0 Å². The molecule has 20 heavy (non-hydrogen) atoms. The number of carbonyl (C=O) groups is 1. The molecule has 1 aliphatic rings. The van der Waals surface area contributed by atoms with Gasteiger partial charge in [-0.2, -0.15) is 0 Å². The van der Waals surface area contributed by atoms with E-state index in [-0.39, 0.29) is 17.9 Å². The van der Waals surface area contributed by atoms with E-state index in [4.69, 9.17) is 21.1 Å². The fraction of sp³-hybridized carbons (Fsp3) is 0.500. The molecular formula is C14H19ClN2O3. The molecule has 1 aromatic rings. The third-order valence-corrected chi connectivity index (χ3v) is 3.89. The van der Waals surface area contributed by atoms with Crippen LogP contribution in [0.5, 0.6) is 11.5 Å². The van der Waals surface area contributed by atoms with Crippen molar-refractivity contribution < 1.29 is 14.3 Å². The Bertz CT molecular complexity index is 507. The smallest absolute Gasteiger partial charge is 0.229 e. The zero-order chi connectivity index (χ0) is 14.7. The summed E-state index contributed by atoms with van der Waals surface area (Å²) < 4.78 is 10.4. The number of anilines is 1. The summed E-state index contributed by atoms with van der Waals surface area (Å²) in [7, 11) is 3.07. The number of amides is 1. The molecule has 1 saturated heterocycles. The van der Waals surface area contributed by atoms with Crippen molar-refractivity contribution in [1.82, 2.24) is 5.32 Å². The lowest BCUT2D eigenvalue weighted by atomic mass is 10.0. The van der Waals surface area contributed by atoms with Crippen LogP contribution < -0.4 is 20.1 Å². The first-order valence-corrected chi connectivity index (χ1v) is 6.90. The molecule has 6 heteroatoms. The zero-order valence-corrected chi connectivity index (χ0v) is 12.6. The summed E-state index contributed by atoms with van der Waals surface area (Å²) in [6.45, 7) is 2.87. The van der Waals surface area contributed by atoms with Gasteiger partial charge in [-0.25, -0.2) is 0 Å². The second-order valence-corrected chi connectivity index (χ2v) is 5.22. The van der Waals surface area contributed by atoms with Crippen molar-refractivity contribution in [3.8, 4) is 11.5 Å². The third kappa shape index (κ3) is 2.99. The van der Waals surface area contributed by atoms with Crippen molar-refractivity contribution in [2.75, 3.05) is 26.1 Å². The number of nitrogens with one attached hydrogen (secondary N) is 2. The summed E-state index contributed by atoms with van der Waals surface area (Å²) in [6, 6.07) is 3.48. The van der Waals surface area contributed by atoms with E-state index in [2.05, 4.69) is 10.6 Å². The average molecular weight is 299 g/mol. The molecule has 0 aliphatic carbocycles. The van der Waals surface area contributed by atoms with Crippen LogP contribution in [0.4, 0.5) is 5.69 Å². The minimum atomic E-state index is -0.0411. The highest BCUT2D eigenvalue weighted by atomic mass is 35.5. The molecule has 1 heterocycles. The topological polar surface area (TPSA) is 59.6 Å². The van der Waals surface area contributed by atoms with Gasteiger partial charge in [0.05, 0.1) is 30.8 Å². The predicted molar refractivity (Wildman–Crippen MR) is 78.8 cm³/mol. The lowest BCUT2D eigenvalue weighted by Crippen LogP contribution is -2.32. The SMILES string of the molecule is COc1cc(OC)c(NC(=O)C2CCNC2C)cc1Cl. The van der Waals surface area contributed by atoms with E-state index < -0.39 is 0 Å². The van der Waals surface area contributed by atoms with E-state index >= 15 is 0 Å². The van der Waals surface area contributed by atoms with Gasteiger partial charge in [0.25, 0.3) is 0 Å². The Kier molecular flexibility index (Phi) is 4.73. The Labute approximate surface area is 123 Å². The van der Waals surface area contributed by atoms with Crippen LogP contribution in [0.1, 0.15) is 13.3 Å². The van der Waals surface area contributed by atoms with E-state index in [1.165, 1.54) is 14.2 Å². The molecule has 0 radical (unpaired) electrons. The van der Waals surface area contributed by atoms with Gasteiger partial charge in [0.15, 0.2) is 0 Å². The molecule has 1 fully saturated rings. The minimum absolute atomic E-state index is 0.0259. The Morgan fingerprint density at radius 3 is 2.60 bits per heavy atom. The minimum Gasteiger partial charge on any atom is -0.495 e. The molecule has 1 aromatic carbocycles. The van der Waals surface area contributed by atoms with E-state index in [0.29, 0.717) is 22.2 Å².